The van der Waals surface area contributed by atoms with Gasteiger partial charge >= 0.3 is 0 Å². The van der Waals surface area contributed by atoms with Crippen molar-refractivity contribution in [2.24, 2.45) is 0 Å². The molecule has 1 radical (unpaired) electrons. The maximum atomic E-state index is 8.92. The van der Waals surface area contributed by atoms with Crippen LogP contribution >= 0.6 is 0 Å². The van der Waals surface area contributed by atoms with E-state index in [-0.39, 0.29) is 6.61 Å². The topological polar surface area (TPSA) is 29.5 Å². The second-order valence-corrected chi connectivity index (χ2v) is 2.47. The number of ether oxygens (including phenoxy) is 1. The van der Waals surface area contributed by atoms with Gasteiger partial charge in [0.05, 0.1) is 13.2 Å². The van der Waals surface area contributed by atoms with E-state index in [1.54, 1.807) is 0 Å². The lowest BCUT2D eigenvalue weighted by Gasteiger charge is -2.07. The van der Waals surface area contributed by atoms with E-state index in [2.05, 4.69) is 6.92 Å². The summed E-state index contributed by atoms with van der Waals surface area (Å²) >= 11 is 0. The Kier molecular flexibility index (Phi) is 3.61. The Labute approximate surface area is 72.8 Å². The number of hydrogen-bond donors (Lipinski definition) is 1. The highest BCUT2D eigenvalue weighted by atomic mass is 16.5. The lowest BCUT2D eigenvalue weighted by Crippen LogP contribution is -1.98. The fourth-order valence-corrected chi connectivity index (χ4v) is 0.957. The van der Waals surface area contributed by atoms with Crippen LogP contribution in [0.25, 0.3) is 0 Å². The molecule has 65 valence electrons. The molecule has 12 heavy (non-hydrogen) atoms. The molecule has 0 saturated heterocycles. The van der Waals surface area contributed by atoms with Gasteiger partial charge in [-0.1, -0.05) is 18.2 Å². The lowest BCUT2D eigenvalue weighted by atomic mass is 10.2. The fourth-order valence-electron chi connectivity index (χ4n) is 0.957. The third kappa shape index (κ3) is 2.24. The molecule has 0 amide bonds. The zero-order valence-corrected chi connectivity index (χ0v) is 6.99. The third-order valence-electron chi connectivity index (χ3n) is 1.54. The molecule has 0 saturated carbocycles. The molecule has 1 rings (SSSR count). The van der Waals surface area contributed by atoms with Crippen LogP contribution in [-0.4, -0.2) is 11.7 Å². The van der Waals surface area contributed by atoms with Gasteiger partial charge in [0, 0.05) is 5.56 Å². The minimum absolute atomic E-state index is 0.0211. The van der Waals surface area contributed by atoms with Crippen molar-refractivity contribution >= 4 is 0 Å². The summed E-state index contributed by atoms with van der Waals surface area (Å²) in [6, 6.07) is 7.46. The monoisotopic (exact) mass is 165 g/mol. The van der Waals surface area contributed by atoms with Crippen molar-refractivity contribution in [2.45, 2.75) is 13.0 Å². The Bertz CT molecular complexity index is 233. The van der Waals surface area contributed by atoms with Crippen molar-refractivity contribution in [1.82, 2.24) is 0 Å². The van der Waals surface area contributed by atoms with Crippen LogP contribution in [0, 0.1) is 6.92 Å². The number of aliphatic hydroxyl groups excluding tert-OH is 1. The first-order chi connectivity index (χ1) is 5.88. The minimum atomic E-state index is 0.0211. The molecule has 0 unspecified atom stereocenters. The minimum Gasteiger partial charge on any atom is -0.493 e. The molecule has 1 N–H and O–H groups in total. The van der Waals surface area contributed by atoms with Crippen LogP contribution in [-0.2, 0) is 6.61 Å². The van der Waals surface area contributed by atoms with Crippen molar-refractivity contribution in [1.29, 1.82) is 0 Å². The molecule has 1 aromatic rings. The lowest BCUT2D eigenvalue weighted by molar-refractivity contribution is 0.264. The molecule has 0 aliphatic carbocycles. The van der Waals surface area contributed by atoms with Crippen molar-refractivity contribution in [3.63, 3.8) is 0 Å². The van der Waals surface area contributed by atoms with E-state index in [0.29, 0.717) is 6.61 Å². The SMILES string of the molecule is [CH2]CCOc1ccccc1CO. The Morgan fingerprint density at radius 1 is 1.33 bits per heavy atom. The molecule has 0 aliphatic rings. The molecule has 0 fully saturated rings. The van der Waals surface area contributed by atoms with Crippen LogP contribution in [0.15, 0.2) is 24.3 Å². The van der Waals surface area contributed by atoms with E-state index in [4.69, 9.17) is 9.84 Å². The molecule has 0 bridgehead atoms. The van der Waals surface area contributed by atoms with E-state index in [1.165, 1.54) is 0 Å². The normalized spacial score (nSPS) is 9.83. The summed E-state index contributed by atoms with van der Waals surface area (Å²) in [4.78, 5) is 0. The first-order valence-corrected chi connectivity index (χ1v) is 3.99. The summed E-state index contributed by atoms with van der Waals surface area (Å²) in [5, 5.41) is 8.92. The van der Waals surface area contributed by atoms with Crippen molar-refractivity contribution in [3.8, 4) is 5.75 Å². The smallest absolute Gasteiger partial charge is 0.124 e. The average molecular weight is 165 g/mol. The number of para-hydroxylation sites is 1. The summed E-state index contributed by atoms with van der Waals surface area (Å²) in [5.74, 6) is 0.753. The average Bonchev–Trinajstić information content (AvgIpc) is 2.15. The molecule has 2 heteroatoms. The standard InChI is InChI=1S/C10H13O2/c1-2-7-12-10-6-4-3-5-9(10)8-11/h3-6,11H,1-2,7-8H2. The third-order valence-corrected chi connectivity index (χ3v) is 1.54. The number of rotatable bonds is 4. The summed E-state index contributed by atoms with van der Waals surface area (Å²) in [7, 11) is 0. The van der Waals surface area contributed by atoms with Crippen LogP contribution in [0.1, 0.15) is 12.0 Å². The van der Waals surface area contributed by atoms with Gasteiger partial charge < -0.3 is 9.84 Å². The molecule has 0 aliphatic heterocycles. The number of hydrogen-bond acceptors (Lipinski definition) is 2. The van der Waals surface area contributed by atoms with Crippen molar-refractivity contribution < 1.29 is 9.84 Å². The van der Waals surface area contributed by atoms with Gasteiger partial charge in [0.2, 0.25) is 0 Å². The van der Waals surface area contributed by atoms with Gasteiger partial charge in [0.15, 0.2) is 0 Å². The van der Waals surface area contributed by atoms with Gasteiger partial charge in [0.1, 0.15) is 5.75 Å². The maximum Gasteiger partial charge on any atom is 0.124 e. The van der Waals surface area contributed by atoms with Crippen LogP contribution in [0.5, 0.6) is 5.75 Å². The predicted molar refractivity (Wildman–Crippen MR) is 47.8 cm³/mol. The predicted octanol–water partition coefficient (Wildman–Crippen LogP) is 1.78. The quantitative estimate of drug-likeness (QED) is 0.737. The fraction of sp³-hybridized carbons (Fsp3) is 0.300. The highest BCUT2D eigenvalue weighted by Gasteiger charge is 1.99. The Morgan fingerprint density at radius 2 is 2.08 bits per heavy atom. The summed E-state index contributed by atoms with van der Waals surface area (Å²) in [6.45, 7) is 4.28. The maximum absolute atomic E-state index is 8.92. The van der Waals surface area contributed by atoms with Crippen LogP contribution in [0.3, 0.4) is 0 Å². The summed E-state index contributed by atoms with van der Waals surface area (Å²) < 4.78 is 5.35. The van der Waals surface area contributed by atoms with E-state index >= 15 is 0 Å². The van der Waals surface area contributed by atoms with Gasteiger partial charge in [-0.2, -0.15) is 0 Å². The van der Waals surface area contributed by atoms with Crippen molar-refractivity contribution in [3.05, 3.63) is 36.8 Å². The van der Waals surface area contributed by atoms with Gasteiger partial charge in [0.25, 0.3) is 0 Å². The zero-order valence-electron chi connectivity index (χ0n) is 6.99. The first-order valence-electron chi connectivity index (χ1n) is 3.99. The number of benzene rings is 1. The highest BCUT2D eigenvalue weighted by molar-refractivity contribution is 5.32. The molecule has 0 heterocycles. The Morgan fingerprint density at radius 3 is 2.75 bits per heavy atom. The molecule has 0 atom stereocenters. The van der Waals surface area contributed by atoms with Gasteiger partial charge in [-0.25, -0.2) is 0 Å². The second-order valence-electron chi connectivity index (χ2n) is 2.47. The van der Waals surface area contributed by atoms with Crippen LogP contribution in [0.4, 0.5) is 0 Å². The molecule has 0 aromatic heterocycles. The molecule has 2 nitrogen and oxygen atoms in total. The van der Waals surface area contributed by atoms with Crippen molar-refractivity contribution in [2.75, 3.05) is 6.61 Å². The highest BCUT2D eigenvalue weighted by Crippen LogP contribution is 2.17. The first kappa shape index (κ1) is 9.07. The summed E-state index contributed by atoms with van der Waals surface area (Å²) in [5.41, 5.74) is 0.825. The van der Waals surface area contributed by atoms with Gasteiger partial charge in [-0.15, -0.1) is 0 Å². The molecule has 1 aromatic carbocycles. The van der Waals surface area contributed by atoms with E-state index in [0.717, 1.165) is 17.7 Å². The molecular weight excluding hydrogens is 152 g/mol. The van der Waals surface area contributed by atoms with Crippen LogP contribution in [0.2, 0.25) is 0 Å². The number of aliphatic hydroxyl groups is 1. The summed E-state index contributed by atoms with van der Waals surface area (Å²) in [6.07, 6.45) is 0.736. The largest absolute Gasteiger partial charge is 0.493 e. The Balaban J connectivity index is 2.68. The second kappa shape index (κ2) is 4.78. The van der Waals surface area contributed by atoms with Gasteiger partial charge in [-0.05, 0) is 19.4 Å². The van der Waals surface area contributed by atoms with Crippen LogP contribution < -0.4 is 4.74 Å². The molecule has 0 spiro atoms. The zero-order chi connectivity index (χ0) is 8.81. The Hall–Kier alpha value is -1.02. The van der Waals surface area contributed by atoms with Gasteiger partial charge in [-0.3, -0.25) is 0 Å². The molecular formula is C10H13O2. The van der Waals surface area contributed by atoms with E-state index in [9.17, 15) is 0 Å². The van der Waals surface area contributed by atoms with E-state index < -0.39 is 0 Å². The van der Waals surface area contributed by atoms with E-state index in [1.807, 2.05) is 24.3 Å².